The number of nitro groups is 1. The van der Waals surface area contributed by atoms with Crippen LogP contribution in [0.4, 0.5) is 5.69 Å². The molecule has 0 bridgehead atoms. The van der Waals surface area contributed by atoms with Gasteiger partial charge in [-0.2, -0.15) is 0 Å². The summed E-state index contributed by atoms with van der Waals surface area (Å²) < 4.78 is 0. The average Bonchev–Trinajstić information content (AvgIpc) is 2.44. The first-order valence-electron chi connectivity index (χ1n) is 6.62. The summed E-state index contributed by atoms with van der Waals surface area (Å²) >= 11 is 0. The Morgan fingerprint density at radius 1 is 1.35 bits per heavy atom. The Balaban J connectivity index is 2.64. The number of nitro benzene ring substituents is 1. The van der Waals surface area contributed by atoms with Crippen molar-refractivity contribution in [2.24, 2.45) is 5.92 Å². The van der Waals surface area contributed by atoms with Crippen LogP contribution in [-0.2, 0) is 4.79 Å². The SMILES string of the molecule is CNCC(C)CNC(=O)C(C)c1cccc([N+](=O)[O-])c1. The van der Waals surface area contributed by atoms with Gasteiger partial charge in [0, 0.05) is 18.7 Å². The molecule has 0 saturated carbocycles. The third kappa shape index (κ3) is 4.62. The van der Waals surface area contributed by atoms with E-state index in [9.17, 15) is 14.9 Å². The third-order valence-corrected chi connectivity index (χ3v) is 3.15. The number of rotatable bonds is 7. The molecule has 110 valence electrons. The molecule has 1 aromatic rings. The van der Waals surface area contributed by atoms with Gasteiger partial charge in [-0.1, -0.05) is 19.1 Å². The first-order chi connectivity index (χ1) is 9.45. The Morgan fingerprint density at radius 3 is 2.65 bits per heavy atom. The van der Waals surface area contributed by atoms with E-state index in [-0.39, 0.29) is 11.6 Å². The first kappa shape index (κ1) is 16.1. The number of nitrogens with zero attached hydrogens (tertiary/aromatic N) is 1. The number of nitrogens with one attached hydrogen (secondary N) is 2. The molecular weight excluding hydrogens is 258 g/mol. The number of carbonyl (C=O) groups is 1. The van der Waals surface area contributed by atoms with Crippen molar-refractivity contribution in [2.45, 2.75) is 19.8 Å². The van der Waals surface area contributed by atoms with Gasteiger partial charge in [0.25, 0.3) is 5.69 Å². The van der Waals surface area contributed by atoms with Crippen molar-refractivity contribution in [3.8, 4) is 0 Å². The summed E-state index contributed by atoms with van der Waals surface area (Å²) in [6, 6.07) is 6.19. The molecule has 6 nitrogen and oxygen atoms in total. The van der Waals surface area contributed by atoms with Crippen molar-refractivity contribution in [2.75, 3.05) is 20.1 Å². The van der Waals surface area contributed by atoms with Gasteiger partial charge in [-0.15, -0.1) is 0 Å². The largest absolute Gasteiger partial charge is 0.355 e. The Bertz CT molecular complexity index is 476. The third-order valence-electron chi connectivity index (χ3n) is 3.15. The summed E-state index contributed by atoms with van der Waals surface area (Å²) in [5.74, 6) is -0.189. The van der Waals surface area contributed by atoms with Gasteiger partial charge in [0.2, 0.25) is 5.91 Å². The Kier molecular flexibility index (Phi) is 6.11. The van der Waals surface area contributed by atoms with Gasteiger partial charge in [0.1, 0.15) is 0 Å². The van der Waals surface area contributed by atoms with Crippen molar-refractivity contribution < 1.29 is 9.72 Å². The highest BCUT2D eigenvalue weighted by molar-refractivity contribution is 5.83. The molecule has 1 rings (SSSR count). The minimum absolute atomic E-state index is 0.00528. The molecule has 2 N–H and O–H groups in total. The zero-order valence-electron chi connectivity index (χ0n) is 12.1. The van der Waals surface area contributed by atoms with E-state index in [1.807, 2.05) is 14.0 Å². The van der Waals surface area contributed by atoms with Crippen molar-refractivity contribution in [3.63, 3.8) is 0 Å². The number of carbonyl (C=O) groups excluding carboxylic acids is 1. The van der Waals surface area contributed by atoms with Gasteiger partial charge in [-0.25, -0.2) is 0 Å². The molecule has 0 aromatic heterocycles. The van der Waals surface area contributed by atoms with Crippen molar-refractivity contribution in [1.29, 1.82) is 0 Å². The average molecular weight is 279 g/mol. The summed E-state index contributed by atoms with van der Waals surface area (Å²) in [5, 5.41) is 16.6. The van der Waals surface area contributed by atoms with Gasteiger partial charge in [0.05, 0.1) is 10.8 Å². The van der Waals surface area contributed by atoms with Crippen LogP contribution in [-0.4, -0.2) is 31.0 Å². The van der Waals surface area contributed by atoms with Crippen LogP contribution < -0.4 is 10.6 Å². The minimum atomic E-state index is -0.455. The molecule has 1 amide bonds. The fourth-order valence-electron chi connectivity index (χ4n) is 1.91. The molecule has 0 aliphatic rings. The van der Waals surface area contributed by atoms with Crippen molar-refractivity contribution >= 4 is 11.6 Å². The second kappa shape index (κ2) is 7.59. The van der Waals surface area contributed by atoms with Crippen molar-refractivity contribution in [3.05, 3.63) is 39.9 Å². The fraction of sp³-hybridized carbons (Fsp3) is 0.500. The van der Waals surface area contributed by atoms with Crippen LogP contribution in [0.25, 0.3) is 0 Å². The molecule has 0 fully saturated rings. The van der Waals surface area contributed by atoms with Crippen LogP contribution in [0, 0.1) is 16.0 Å². The fourth-order valence-corrected chi connectivity index (χ4v) is 1.91. The number of non-ortho nitro benzene ring substituents is 1. The summed E-state index contributed by atoms with van der Waals surface area (Å²) in [6.45, 7) is 5.19. The molecule has 0 spiro atoms. The smallest absolute Gasteiger partial charge is 0.269 e. The Labute approximate surface area is 118 Å². The molecule has 0 radical (unpaired) electrons. The van der Waals surface area contributed by atoms with Crippen molar-refractivity contribution in [1.82, 2.24) is 10.6 Å². The number of hydrogen-bond acceptors (Lipinski definition) is 4. The topological polar surface area (TPSA) is 84.3 Å². The molecule has 2 atom stereocenters. The van der Waals surface area contributed by atoms with Crippen LogP contribution in [0.2, 0.25) is 0 Å². The van der Waals surface area contributed by atoms with E-state index in [0.717, 1.165) is 6.54 Å². The van der Waals surface area contributed by atoms with Gasteiger partial charge in [0.15, 0.2) is 0 Å². The first-order valence-corrected chi connectivity index (χ1v) is 6.62. The lowest BCUT2D eigenvalue weighted by molar-refractivity contribution is -0.384. The van der Waals surface area contributed by atoms with Crippen LogP contribution in [0.15, 0.2) is 24.3 Å². The van der Waals surface area contributed by atoms with E-state index >= 15 is 0 Å². The van der Waals surface area contributed by atoms with E-state index in [1.165, 1.54) is 12.1 Å². The molecule has 0 aliphatic heterocycles. The molecule has 20 heavy (non-hydrogen) atoms. The summed E-state index contributed by atoms with van der Waals surface area (Å²) in [5.41, 5.74) is 0.656. The normalized spacial score (nSPS) is 13.6. The van der Waals surface area contributed by atoms with Crippen LogP contribution in [0.3, 0.4) is 0 Å². The quantitative estimate of drug-likeness (QED) is 0.587. The Morgan fingerprint density at radius 2 is 2.05 bits per heavy atom. The molecule has 0 saturated heterocycles. The Hall–Kier alpha value is -1.95. The predicted molar refractivity (Wildman–Crippen MR) is 77.6 cm³/mol. The zero-order chi connectivity index (χ0) is 15.1. The van der Waals surface area contributed by atoms with Crippen LogP contribution in [0.1, 0.15) is 25.3 Å². The van der Waals surface area contributed by atoms with E-state index in [1.54, 1.807) is 19.1 Å². The molecule has 2 unspecified atom stereocenters. The number of amides is 1. The molecule has 1 aromatic carbocycles. The molecule has 0 heterocycles. The van der Waals surface area contributed by atoms with Gasteiger partial charge >= 0.3 is 0 Å². The van der Waals surface area contributed by atoms with Gasteiger partial charge in [-0.3, -0.25) is 14.9 Å². The zero-order valence-corrected chi connectivity index (χ0v) is 12.1. The maximum absolute atomic E-state index is 12.0. The minimum Gasteiger partial charge on any atom is -0.355 e. The number of benzene rings is 1. The lowest BCUT2D eigenvalue weighted by atomic mass is 9.99. The standard InChI is InChI=1S/C14H21N3O3/c1-10(8-15-3)9-16-14(18)11(2)12-5-4-6-13(7-12)17(19)20/h4-7,10-11,15H,8-9H2,1-3H3,(H,16,18). The molecule has 6 heteroatoms. The van der Waals surface area contributed by atoms with Crippen LogP contribution >= 0.6 is 0 Å². The van der Waals surface area contributed by atoms with E-state index in [0.29, 0.717) is 18.0 Å². The molecular formula is C14H21N3O3. The summed E-state index contributed by atoms with van der Waals surface area (Å²) in [7, 11) is 1.87. The highest BCUT2D eigenvalue weighted by Crippen LogP contribution is 2.20. The second-order valence-corrected chi connectivity index (χ2v) is 4.98. The highest BCUT2D eigenvalue weighted by atomic mass is 16.6. The van der Waals surface area contributed by atoms with Gasteiger partial charge < -0.3 is 10.6 Å². The number of hydrogen-bond donors (Lipinski definition) is 2. The van der Waals surface area contributed by atoms with E-state index in [2.05, 4.69) is 10.6 Å². The monoisotopic (exact) mass is 279 g/mol. The van der Waals surface area contributed by atoms with E-state index in [4.69, 9.17) is 0 Å². The predicted octanol–water partition coefficient (Wildman–Crippen LogP) is 1.67. The van der Waals surface area contributed by atoms with Gasteiger partial charge in [-0.05, 0) is 32.0 Å². The lowest BCUT2D eigenvalue weighted by Crippen LogP contribution is -2.34. The summed E-state index contributed by atoms with van der Waals surface area (Å²) in [6.07, 6.45) is 0. The summed E-state index contributed by atoms with van der Waals surface area (Å²) in [4.78, 5) is 22.3. The lowest BCUT2D eigenvalue weighted by Gasteiger charge is -2.15. The van der Waals surface area contributed by atoms with Crippen LogP contribution in [0.5, 0.6) is 0 Å². The van der Waals surface area contributed by atoms with E-state index < -0.39 is 10.8 Å². The highest BCUT2D eigenvalue weighted by Gasteiger charge is 2.18. The maximum atomic E-state index is 12.0. The second-order valence-electron chi connectivity index (χ2n) is 4.98. The molecule has 0 aliphatic carbocycles. The maximum Gasteiger partial charge on any atom is 0.269 e.